The highest BCUT2D eigenvalue weighted by Crippen LogP contribution is 2.32. The van der Waals surface area contributed by atoms with E-state index >= 15 is 0 Å². The first-order chi connectivity index (χ1) is 9.10. The predicted molar refractivity (Wildman–Crippen MR) is 82.4 cm³/mol. The Kier molecular flexibility index (Phi) is 5.74. The molecule has 0 aromatic carbocycles. The van der Waals surface area contributed by atoms with E-state index in [0.29, 0.717) is 17.6 Å². The van der Waals surface area contributed by atoms with E-state index in [4.69, 9.17) is 0 Å². The smallest absolute Gasteiger partial charge is 0.127 e. The molecule has 0 radical (unpaired) electrons. The van der Waals surface area contributed by atoms with Gasteiger partial charge in [-0.2, -0.15) is 0 Å². The fourth-order valence-corrected chi connectivity index (χ4v) is 1.83. The van der Waals surface area contributed by atoms with Gasteiger partial charge in [0, 0.05) is 0 Å². The van der Waals surface area contributed by atoms with Crippen LogP contribution in [-0.2, 0) is 0 Å². The zero-order chi connectivity index (χ0) is 14.3. The second-order valence-corrected chi connectivity index (χ2v) is 4.24. The fourth-order valence-electron chi connectivity index (χ4n) is 1.83. The molecule has 1 rings (SSSR count). The van der Waals surface area contributed by atoms with Crippen molar-refractivity contribution >= 4 is 0 Å². The first-order valence-corrected chi connectivity index (χ1v) is 6.16. The van der Waals surface area contributed by atoms with E-state index in [1.807, 2.05) is 6.08 Å². The molecule has 0 heterocycles. The molecule has 0 saturated carbocycles. The van der Waals surface area contributed by atoms with Gasteiger partial charge in [0.2, 0.25) is 0 Å². The average molecular weight is 254 g/mol. The van der Waals surface area contributed by atoms with Gasteiger partial charge in [0.1, 0.15) is 5.83 Å². The molecule has 1 aliphatic carbocycles. The lowest BCUT2D eigenvalue weighted by atomic mass is 9.89. The highest BCUT2D eigenvalue weighted by Gasteiger charge is 2.15. The van der Waals surface area contributed by atoms with Gasteiger partial charge in [0.05, 0.1) is 0 Å². The minimum Gasteiger partial charge on any atom is -0.207 e. The molecular formula is C18H19F. The zero-order valence-corrected chi connectivity index (χ0v) is 11.2. The minimum atomic E-state index is -0.229. The van der Waals surface area contributed by atoms with E-state index in [1.165, 1.54) is 0 Å². The summed E-state index contributed by atoms with van der Waals surface area (Å²) in [5.41, 5.74) is 3.09. The second kappa shape index (κ2) is 7.32. The third-order valence-electron chi connectivity index (χ3n) is 2.90. The third kappa shape index (κ3) is 4.22. The van der Waals surface area contributed by atoms with Crippen molar-refractivity contribution in [1.82, 2.24) is 0 Å². The SMILES string of the molecule is C=C/C=C\C(=C)C1=CC(F)=C(C(=C)/C=C\C=C)CC1. The molecule has 98 valence electrons. The van der Waals surface area contributed by atoms with Crippen molar-refractivity contribution in [2.45, 2.75) is 12.8 Å². The van der Waals surface area contributed by atoms with Gasteiger partial charge in [0.25, 0.3) is 0 Å². The molecule has 0 saturated heterocycles. The standard InChI is InChI=1S/C18H19F/c1-5-7-9-14(3)16-11-12-17(18(19)13-16)15(4)10-8-6-2/h5-10,13H,1-4,11-12H2/b9-7-,10-8-. The Morgan fingerprint density at radius 3 is 2.11 bits per heavy atom. The highest BCUT2D eigenvalue weighted by molar-refractivity contribution is 5.50. The summed E-state index contributed by atoms with van der Waals surface area (Å²) >= 11 is 0. The molecule has 0 aromatic heterocycles. The lowest BCUT2D eigenvalue weighted by Crippen LogP contribution is -1.99. The van der Waals surface area contributed by atoms with Gasteiger partial charge in [-0.25, -0.2) is 4.39 Å². The monoisotopic (exact) mass is 254 g/mol. The molecule has 0 spiro atoms. The Bertz CT molecular complexity index is 522. The first-order valence-electron chi connectivity index (χ1n) is 6.16. The fraction of sp³-hybridized carbons (Fsp3) is 0.111. The molecular weight excluding hydrogens is 235 g/mol. The molecule has 0 fully saturated rings. The highest BCUT2D eigenvalue weighted by atomic mass is 19.1. The summed E-state index contributed by atoms with van der Waals surface area (Å²) in [5, 5.41) is 0. The summed E-state index contributed by atoms with van der Waals surface area (Å²) in [6.07, 6.45) is 13.4. The van der Waals surface area contributed by atoms with Crippen LogP contribution in [0.3, 0.4) is 0 Å². The lowest BCUT2D eigenvalue weighted by Gasteiger charge is -2.17. The van der Waals surface area contributed by atoms with Crippen LogP contribution < -0.4 is 0 Å². The summed E-state index contributed by atoms with van der Waals surface area (Å²) in [5.74, 6) is -0.229. The van der Waals surface area contributed by atoms with Crippen molar-refractivity contribution in [3.8, 4) is 0 Å². The van der Waals surface area contributed by atoms with Crippen LogP contribution in [0.2, 0.25) is 0 Å². The van der Waals surface area contributed by atoms with Crippen molar-refractivity contribution in [3.05, 3.63) is 97.0 Å². The average Bonchev–Trinajstić information content (AvgIpc) is 2.41. The van der Waals surface area contributed by atoms with E-state index in [9.17, 15) is 4.39 Å². The van der Waals surface area contributed by atoms with E-state index in [0.717, 1.165) is 17.6 Å². The molecule has 0 aromatic rings. The van der Waals surface area contributed by atoms with Gasteiger partial charge < -0.3 is 0 Å². The Morgan fingerprint density at radius 1 is 1.00 bits per heavy atom. The zero-order valence-electron chi connectivity index (χ0n) is 11.2. The van der Waals surface area contributed by atoms with E-state index in [-0.39, 0.29) is 5.83 Å². The van der Waals surface area contributed by atoms with Crippen LogP contribution in [0.15, 0.2) is 97.0 Å². The maximum atomic E-state index is 14.1. The molecule has 1 aliphatic rings. The van der Waals surface area contributed by atoms with Crippen molar-refractivity contribution in [2.75, 3.05) is 0 Å². The Labute approximate surface area is 115 Å². The number of halogens is 1. The number of hydrogen-bond donors (Lipinski definition) is 0. The minimum absolute atomic E-state index is 0.229. The van der Waals surface area contributed by atoms with Crippen LogP contribution in [0.25, 0.3) is 0 Å². The molecule has 0 amide bonds. The van der Waals surface area contributed by atoms with Gasteiger partial charge in [-0.3, -0.25) is 0 Å². The molecule has 0 nitrogen and oxygen atoms in total. The molecule has 0 bridgehead atoms. The quantitative estimate of drug-likeness (QED) is 0.547. The summed E-state index contributed by atoms with van der Waals surface area (Å²) in [6, 6.07) is 0. The molecule has 0 aliphatic heterocycles. The lowest BCUT2D eigenvalue weighted by molar-refractivity contribution is 0.636. The van der Waals surface area contributed by atoms with Crippen molar-refractivity contribution in [2.24, 2.45) is 0 Å². The number of rotatable bonds is 6. The van der Waals surface area contributed by atoms with Crippen LogP contribution in [-0.4, -0.2) is 0 Å². The van der Waals surface area contributed by atoms with Gasteiger partial charge in [-0.15, -0.1) is 0 Å². The summed E-state index contributed by atoms with van der Waals surface area (Å²) < 4.78 is 14.1. The van der Waals surface area contributed by atoms with Gasteiger partial charge >= 0.3 is 0 Å². The van der Waals surface area contributed by atoms with Gasteiger partial charge in [0.15, 0.2) is 0 Å². The summed E-state index contributed by atoms with van der Waals surface area (Å²) in [4.78, 5) is 0. The van der Waals surface area contributed by atoms with E-state index < -0.39 is 0 Å². The van der Waals surface area contributed by atoms with Crippen LogP contribution in [0.5, 0.6) is 0 Å². The Hall–Kier alpha value is -2.15. The Balaban J connectivity index is 2.93. The number of hydrogen-bond acceptors (Lipinski definition) is 0. The van der Waals surface area contributed by atoms with Crippen LogP contribution in [0, 0.1) is 0 Å². The van der Waals surface area contributed by atoms with Crippen molar-refractivity contribution in [1.29, 1.82) is 0 Å². The first kappa shape index (κ1) is 14.9. The van der Waals surface area contributed by atoms with Crippen LogP contribution in [0.4, 0.5) is 4.39 Å². The maximum absolute atomic E-state index is 14.1. The van der Waals surface area contributed by atoms with E-state index in [1.54, 1.807) is 36.5 Å². The normalized spacial score (nSPS) is 15.7. The Morgan fingerprint density at radius 2 is 1.58 bits per heavy atom. The second-order valence-electron chi connectivity index (χ2n) is 4.24. The van der Waals surface area contributed by atoms with Crippen molar-refractivity contribution < 1.29 is 4.39 Å². The van der Waals surface area contributed by atoms with Crippen LogP contribution >= 0.6 is 0 Å². The van der Waals surface area contributed by atoms with Crippen LogP contribution in [0.1, 0.15) is 12.8 Å². The largest absolute Gasteiger partial charge is 0.207 e. The molecule has 19 heavy (non-hydrogen) atoms. The molecule has 0 atom stereocenters. The van der Waals surface area contributed by atoms with Gasteiger partial charge in [-0.05, 0) is 41.2 Å². The summed E-state index contributed by atoms with van der Waals surface area (Å²) in [6.45, 7) is 15.0. The summed E-state index contributed by atoms with van der Waals surface area (Å²) in [7, 11) is 0. The maximum Gasteiger partial charge on any atom is 0.127 e. The van der Waals surface area contributed by atoms with Gasteiger partial charge in [-0.1, -0.05) is 62.8 Å². The van der Waals surface area contributed by atoms with Crippen molar-refractivity contribution in [3.63, 3.8) is 0 Å². The van der Waals surface area contributed by atoms with E-state index in [2.05, 4.69) is 26.3 Å². The third-order valence-corrected chi connectivity index (χ3v) is 2.90. The number of allylic oxidation sites excluding steroid dienone is 12. The predicted octanol–water partition coefficient (Wildman–Crippen LogP) is 5.53. The molecule has 0 N–H and O–H groups in total. The molecule has 1 heteroatoms. The topological polar surface area (TPSA) is 0 Å². The molecule has 0 unspecified atom stereocenters.